The number of hydrogen-bond donors (Lipinski definition) is 0. The third kappa shape index (κ3) is 3.22. The van der Waals surface area contributed by atoms with Gasteiger partial charge in [0.1, 0.15) is 0 Å². The molecule has 0 unspecified atom stereocenters. The molecule has 6 heteroatoms. The van der Waals surface area contributed by atoms with Gasteiger partial charge in [-0.05, 0) is 30.5 Å². The van der Waals surface area contributed by atoms with Gasteiger partial charge in [-0.15, -0.1) is 0 Å². The molecule has 1 fully saturated rings. The predicted octanol–water partition coefficient (Wildman–Crippen LogP) is 3.85. The second kappa shape index (κ2) is 7.60. The Kier molecular flexibility index (Phi) is 5.01. The van der Waals surface area contributed by atoms with Gasteiger partial charge >= 0.3 is 0 Å². The Morgan fingerprint density at radius 1 is 0.929 bits per heavy atom. The Hall–Kier alpha value is -2.92. The minimum absolute atomic E-state index is 0.106. The van der Waals surface area contributed by atoms with E-state index in [1.807, 2.05) is 42.5 Å². The molecular formula is C22H19ClN2O3. The molecule has 28 heavy (non-hydrogen) atoms. The van der Waals surface area contributed by atoms with Crippen molar-refractivity contribution in [3.63, 3.8) is 0 Å². The van der Waals surface area contributed by atoms with Crippen LogP contribution in [0.15, 0.2) is 66.7 Å². The van der Waals surface area contributed by atoms with Gasteiger partial charge in [0, 0.05) is 0 Å². The van der Waals surface area contributed by atoms with Gasteiger partial charge in [-0.2, -0.15) is 5.01 Å². The first kappa shape index (κ1) is 18.4. The molecule has 0 radical (unpaired) electrons. The fraction of sp³-hybridized carbons (Fsp3) is 0.227. The van der Waals surface area contributed by atoms with E-state index in [1.165, 1.54) is 5.01 Å². The van der Waals surface area contributed by atoms with Crippen LogP contribution in [0.5, 0.6) is 0 Å². The van der Waals surface area contributed by atoms with Crippen LogP contribution in [-0.2, 0) is 16.1 Å². The zero-order valence-electron chi connectivity index (χ0n) is 15.1. The molecule has 0 spiro atoms. The van der Waals surface area contributed by atoms with Gasteiger partial charge in [-0.1, -0.05) is 66.2 Å². The summed E-state index contributed by atoms with van der Waals surface area (Å²) in [6.07, 6.45) is 4.89. The molecule has 4 rings (SSSR count). The quantitative estimate of drug-likeness (QED) is 0.584. The van der Waals surface area contributed by atoms with Crippen LogP contribution in [-0.4, -0.2) is 27.7 Å². The van der Waals surface area contributed by atoms with E-state index in [0.717, 1.165) is 10.6 Å². The number of rotatable bonds is 4. The zero-order valence-corrected chi connectivity index (χ0v) is 15.9. The number of nitrogens with zero attached hydrogens (tertiary/aromatic N) is 2. The van der Waals surface area contributed by atoms with Gasteiger partial charge in [-0.25, -0.2) is 5.01 Å². The number of amides is 3. The molecule has 1 aliphatic carbocycles. The van der Waals surface area contributed by atoms with Crippen molar-refractivity contribution in [1.29, 1.82) is 0 Å². The van der Waals surface area contributed by atoms with Crippen molar-refractivity contribution >= 4 is 29.3 Å². The molecule has 0 N–H and O–H groups in total. The van der Waals surface area contributed by atoms with E-state index >= 15 is 0 Å². The SMILES string of the molecule is O=C(c1ccccc1Cl)N(Cc1ccccc1)N1C(=O)[C@H]2CC=CC[C@H]2C1=O. The Balaban J connectivity index is 1.73. The molecule has 0 aromatic heterocycles. The van der Waals surface area contributed by atoms with E-state index in [2.05, 4.69) is 0 Å². The second-order valence-corrected chi connectivity index (χ2v) is 7.38. The molecule has 0 saturated carbocycles. The minimum Gasteiger partial charge on any atom is -0.272 e. The fourth-order valence-corrected chi connectivity index (χ4v) is 4.00. The molecule has 1 saturated heterocycles. The largest absolute Gasteiger partial charge is 0.274 e. The number of hydrogen-bond acceptors (Lipinski definition) is 3. The summed E-state index contributed by atoms with van der Waals surface area (Å²) in [6.45, 7) is 0.106. The molecule has 1 aliphatic heterocycles. The van der Waals surface area contributed by atoms with Gasteiger partial charge in [0.25, 0.3) is 17.7 Å². The van der Waals surface area contributed by atoms with Gasteiger partial charge in [-0.3, -0.25) is 14.4 Å². The number of carbonyl (C=O) groups excluding carboxylic acids is 3. The normalized spacial score (nSPS) is 21.0. The van der Waals surface area contributed by atoms with Crippen molar-refractivity contribution in [2.75, 3.05) is 0 Å². The Morgan fingerprint density at radius 3 is 2.11 bits per heavy atom. The molecule has 2 aromatic rings. The van der Waals surface area contributed by atoms with E-state index in [4.69, 9.17) is 11.6 Å². The number of fused-ring (bicyclic) bond motifs is 1. The summed E-state index contributed by atoms with van der Waals surface area (Å²) in [7, 11) is 0. The first-order valence-corrected chi connectivity index (χ1v) is 9.58. The van der Waals surface area contributed by atoms with E-state index in [9.17, 15) is 14.4 Å². The lowest BCUT2D eigenvalue weighted by atomic mass is 9.85. The van der Waals surface area contributed by atoms with E-state index in [0.29, 0.717) is 12.8 Å². The summed E-state index contributed by atoms with van der Waals surface area (Å²) in [5.74, 6) is -1.93. The smallest absolute Gasteiger partial charge is 0.272 e. The van der Waals surface area contributed by atoms with Crippen LogP contribution in [0.1, 0.15) is 28.8 Å². The van der Waals surface area contributed by atoms with Crippen molar-refractivity contribution in [2.24, 2.45) is 11.8 Å². The van der Waals surface area contributed by atoms with Crippen LogP contribution >= 0.6 is 11.6 Å². The number of imide groups is 1. The molecule has 5 nitrogen and oxygen atoms in total. The number of halogens is 1. The highest BCUT2D eigenvalue weighted by molar-refractivity contribution is 6.33. The van der Waals surface area contributed by atoms with Crippen LogP contribution in [0.3, 0.4) is 0 Å². The van der Waals surface area contributed by atoms with Gasteiger partial charge in [0.15, 0.2) is 0 Å². The lowest BCUT2D eigenvalue weighted by molar-refractivity contribution is -0.155. The highest BCUT2D eigenvalue weighted by Crippen LogP contribution is 2.37. The molecule has 3 amide bonds. The van der Waals surface area contributed by atoms with Crippen molar-refractivity contribution in [3.05, 3.63) is 82.9 Å². The van der Waals surface area contributed by atoms with Crippen LogP contribution in [0, 0.1) is 11.8 Å². The lowest BCUT2D eigenvalue weighted by Gasteiger charge is -2.31. The third-order valence-electron chi connectivity index (χ3n) is 5.24. The van der Waals surface area contributed by atoms with Crippen LogP contribution in [0.25, 0.3) is 0 Å². The molecule has 2 atom stereocenters. The summed E-state index contributed by atoms with van der Waals surface area (Å²) >= 11 is 6.22. The van der Waals surface area contributed by atoms with Crippen molar-refractivity contribution in [3.8, 4) is 0 Å². The summed E-state index contributed by atoms with van der Waals surface area (Å²) < 4.78 is 0. The van der Waals surface area contributed by atoms with E-state index < -0.39 is 17.7 Å². The third-order valence-corrected chi connectivity index (χ3v) is 5.57. The topological polar surface area (TPSA) is 57.7 Å². The standard InChI is InChI=1S/C22H19ClN2O3/c23-19-13-7-6-12-18(19)20(26)24(14-15-8-2-1-3-9-15)25-21(27)16-10-4-5-11-17(16)22(25)28/h1-9,12-13,16-17H,10-11,14H2/t16-,17+. The summed E-state index contributed by atoms with van der Waals surface area (Å²) in [5, 5.41) is 2.56. The first-order chi connectivity index (χ1) is 13.6. The molecule has 142 valence electrons. The average Bonchev–Trinajstić information content (AvgIpc) is 2.98. The Labute approximate surface area is 168 Å². The maximum Gasteiger partial charge on any atom is 0.274 e. The van der Waals surface area contributed by atoms with Crippen molar-refractivity contribution in [1.82, 2.24) is 10.0 Å². The highest BCUT2D eigenvalue weighted by Gasteiger charge is 2.50. The fourth-order valence-electron chi connectivity index (χ4n) is 3.78. The number of benzene rings is 2. The Morgan fingerprint density at radius 2 is 1.50 bits per heavy atom. The maximum atomic E-state index is 13.3. The number of hydrazine groups is 1. The average molecular weight is 395 g/mol. The molecule has 2 aromatic carbocycles. The lowest BCUT2D eigenvalue weighted by Crippen LogP contribution is -2.49. The molecule has 1 heterocycles. The monoisotopic (exact) mass is 394 g/mol. The molecule has 2 aliphatic rings. The minimum atomic E-state index is -0.470. The predicted molar refractivity (Wildman–Crippen MR) is 105 cm³/mol. The molecule has 0 bridgehead atoms. The first-order valence-electron chi connectivity index (χ1n) is 9.21. The van der Waals surface area contributed by atoms with Crippen LogP contribution in [0.4, 0.5) is 0 Å². The second-order valence-electron chi connectivity index (χ2n) is 6.97. The van der Waals surface area contributed by atoms with Crippen LogP contribution < -0.4 is 0 Å². The van der Waals surface area contributed by atoms with Crippen molar-refractivity contribution in [2.45, 2.75) is 19.4 Å². The Bertz CT molecular complexity index is 931. The van der Waals surface area contributed by atoms with E-state index in [-0.39, 0.29) is 28.9 Å². The van der Waals surface area contributed by atoms with Gasteiger partial charge < -0.3 is 0 Å². The van der Waals surface area contributed by atoms with Crippen molar-refractivity contribution < 1.29 is 14.4 Å². The van der Waals surface area contributed by atoms with E-state index in [1.54, 1.807) is 24.3 Å². The number of carbonyl (C=O) groups is 3. The van der Waals surface area contributed by atoms with Gasteiger partial charge in [0.05, 0.1) is 29.0 Å². The zero-order chi connectivity index (χ0) is 19.7. The maximum absolute atomic E-state index is 13.3. The summed E-state index contributed by atoms with van der Waals surface area (Å²) in [6, 6.07) is 15.9. The number of allylic oxidation sites excluding steroid dienone is 2. The molecular weight excluding hydrogens is 376 g/mol. The van der Waals surface area contributed by atoms with Crippen LogP contribution in [0.2, 0.25) is 5.02 Å². The summed E-state index contributed by atoms with van der Waals surface area (Å²) in [5.41, 5.74) is 1.07. The highest BCUT2D eigenvalue weighted by atomic mass is 35.5. The summed E-state index contributed by atoms with van der Waals surface area (Å²) in [4.78, 5) is 39.4. The van der Waals surface area contributed by atoms with Gasteiger partial charge in [0.2, 0.25) is 0 Å².